The Hall–Kier alpha value is -7.22. The lowest BCUT2D eigenvalue weighted by Crippen LogP contribution is -2.63. The second-order valence-electron chi connectivity index (χ2n) is 24.3. The number of aliphatic hydroxyl groups is 1. The first-order valence-corrected chi connectivity index (χ1v) is 29.8. The van der Waals surface area contributed by atoms with E-state index < -0.39 is 131 Å². The predicted molar refractivity (Wildman–Crippen MR) is 320 cm³/mol. The molecule has 2 aliphatic heterocycles. The molecule has 3 aromatic rings. The third-order valence-electron chi connectivity index (χ3n) is 17.1. The molecule has 8 amide bonds. The first-order chi connectivity index (χ1) is 39.6. The van der Waals surface area contributed by atoms with E-state index in [4.69, 9.17) is 4.74 Å². The molecule has 0 aliphatic carbocycles. The Labute approximate surface area is 497 Å². The number of nitrogens with one attached hydrogen (secondary N) is 3. The Morgan fingerprint density at radius 2 is 1.24 bits per heavy atom. The average molecular weight is 1160 g/mol. The maximum Gasteiger partial charge on any atom is 0.332 e. The molecule has 2 bridgehead atoms. The van der Waals surface area contributed by atoms with Crippen LogP contribution in [0.2, 0.25) is 0 Å². The molecule has 0 spiro atoms. The zero-order chi connectivity index (χ0) is 62.5. The number of hydrogen-bond donors (Lipinski definition) is 4. The van der Waals surface area contributed by atoms with Crippen molar-refractivity contribution in [2.24, 2.45) is 29.6 Å². The van der Waals surface area contributed by atoms with Gasteiger partial charge >= 0.3 is 5.97 Å². The number of cyclic esters (lactones) is 1. The molecule has 84 heavy (non-hydrogen) atoms. The summed E-state index contributed by atoms with van der Waals surface area (Å²) in [5, 5.41) is 20.5. The Balaban J connectivity index is 1.66. The van der Waals surface area contributed by atoms with Gasteiger partial charge in [0.2, 0.25) is 41.4 Å². The SMILES string of the molecule is CCC(C)C1NC(=O)C2CCN(C2)C(=O)C(Cc2cccc(-c3cccnc3)c2)N(C)C(=O)C(Cc2ccccc2)NC(=O)C(C)N(C)C(=O)C(C(C)CC)OC(=O)C(C(C)(C)O)N(C)C(=O)C(CC(C)C)NC(=O)C(C(C)CC)N(C)C1=O. The lowest BCUT2D eigenvalue weighted by molar-refractivity contribution is -0.177. The van der Waals surface area contributed by atoms with Gasteiger partial charge in [0, 0.05) is 72.4 Å². The van der Waals surface area contributed by atoms with E-state index >= 15 is 9.59 Å². The van der Waals surface area contributed by atoms with Crippen LogP contribution in [-0.4, -0.2) is 183 Å². The minimum Gasteiger partial charge on any atom is -0.450 e. The molecule has 2 aromatic carbocycles. The van der Waals surface area contributed by atoms with Gasteiger partial charge in [-0.05, 0) is 86.1 Å². The second kappa shape index (κ2) is 30.0. The average Bonchev–Trinajstić information content (AvgIpc) is 3.40. The number of ether oxygens (including phenoxy) is 1. The van der Waals surface area contributed by atoms with Gasteiger partial charge in [0.15, 0.2) is 12.1 Å². The van der Waals surface area contributed by atoms with Crippen LogP contribution in [0.5, 0.6) is 0 Å². The maximum atomic E-state index is 15.3. The molecule has 4 N–H and O–H groups in total. The number of fused-ring (bicyclic) bond motifs is 2. The van der Waals surface area contributed by atoms with Crippen molar-refractivity contribution in [3.05, 3.63) is 90.3 Å². The molecule has 2 aliphatic rings. The number of rotatable bonds is 14. The highest BCUT2D eigenvalue weighted by Crippen LogP contribution is 2.28. The number of esters is 1. The molecule has 12 unspecified atom stereocenters. The van der Waals surface area contributed by atoms with E-state index in [0.29, 0.717) is 30.4 Å². The van der Waals surface area contributed by atoms with Crippen LogP contribution in [0.4, 0.5) is 0 Å². The van der Waals surface area contributed by atoms with Crippen LogP contribution in [0.1, 0.15) is 119 Å². The summed E-state index contributed by atoms with van der Waals surface area (Å²) in [6, 6.07) is 11.4. The van der Waals surface area contributed by atoms with E-state index in [9.17, 15) is 38.7 Å². The molecule has 1 aromatic heterocycles. The van der Waals surface area contributed by atoms with Gasteiger partial charge in [0.05, 0.1) is 11.5 Å². The molecule has 5 rings (SSSR count). The van der Waals surface area contributed by atoms with E-state index in [-0.39, 0.29) is 44.7 Å². The third-order valence-corrected chi connectivity index (χ3v) is 17.1. The monoisotopic (exact) mass is 1160 g/mol. The van der Waals surface area contributed by atoms with E-state index in [0.717, 1.165) is 20.9 Å². The summed E-state index contributed by atoms with van der Waals surface area (Å²) in [7, 11) is 5.68. The van der Waals surface area contributed by atoms with Crippen molar-refractivity contribution in [2.75, 3.05) is 41.3 Å². The van der Waals surface area contributed by atoms with Crippen molar-refractivity contribution in [1.82, 2.24) is 45.4 Å². The zero-order valence-electron chi connectivity index (χ0n) is 52.1. The van der Waals surface area contributed by atoms with Crippen LogP contribution >= 0.6 is 0 Å². The lowest BCUT2D eigenvalue weighted by atomic mass is 9.92. The van der Waals surface area contributed by atoms with E-state index in [1.807, 2.05) is 84.0 Å². The van der Waals surface area contributed by atoms with E-state index in [2.05, 4.69) is 20.9 Å². The summed E-state index contributed by atoms with van der Waals surface area (Å²) in [5.41, 5.74) is 1.10. The van der Waals surface area contributed by atoms with Crippen molar-refractivity contribution in [2.45, 2.75) is 175 Å². The zero-order valence-corrected chi connectivity index (χ0v) is 52.1. The van der Waals surface area contributed by atoms with Gasteiger partial charge in [-0.3, -0.25) is 43.3 Å². The highest BCUT2D eigenvalue weighted by molar-refractivity contribution is 5.98. The number of hydrogen-bond acceptors (Lipinski definition) is 12. The minimum absolute atomic E-state index is 0.00770. The Kier molecular flexibility index (Phi) is 24.2. The maximum absolute atomic E-state index is 15.3. The molecular weight excluding hydrogens is 1070 g/mol. The minimum atomic E-state index is -1.98. The molecule has 2 saturated heterocycles. The van der Waals surface area contributed by atoms with E-state index in [1.54, 1.807) is 55.4 Å². The predicted octanol–water partition coefficient (Wildman–Crippen LogP) is 5.05. The van der Waals surface area contributed by atoms with Gasteiger partial charge in [-0.15, -0.1) is 0 Å². The van der Waals surface area contributed by atoms with Crippen LogP contribution in [-0.2, 0) is 60.7 Å². The molecule has 20 nitrogen and oxygen atoms in total. The normalized spacial score (nSPS) is 25.8. The van der Waals surface area contributed by atoms with Gasteiger partial charge in [0.25, 0.3) is 5.91 Å². The first-order valence-electron chi connectivity index (χ1n) is 29.8. The fraction of sp³-hybridized carbons (Fsp3) is 0.594. The van der Waals surface area contributed by atoms with Crippen molar-refractivity contribution in [3.8, 4) is 11.1 Å². The number of aromatic nitrogens is 1. The van der Waals surface area contributed by atoms with Crippen molar-refractivity contribution in [1.29, 1.82) is 0 Å². The van der Waals surface area contributed by atoms with E-state index in [1.165, 1.54) is 58.8 Å². The molecular formula is C64H93N9O11. The summed E-state index contributed by atoms with van der Waals surface area (Å²) in [5.74, 6) is -8.56. The topological polar surface area (TPSA) is 248 Å². The van der Waals surface area contributed by atoms with Crippen LogP contribution < -0.4 is 16.0 Å². The van der Waals surface area contributed by atoms with Crippen LogP contribution in [0, 0.1) is 29.6 Å². The van der Waals surface area contributed by atoms with Gasteiger partial charge in [-0.25, -0.2) is 4.79 Å². The molecule has 0 radical (unpaired) electrons. The number of carbonyl (C=O) groups excluding carboxylic acids is 9. The van der Waals surface area contributed by atoms with Crippen LogP contribution in [0.15, 0.2) is 79.1 Å². The summed E-state index contributed by atoms with van der Waals surface area (Å²) in [4.78, 5) is 144. The number of amides is 8. The molecule has 0 saturated carbocycles. The number of carbonyl (C=O) groups is 9. The van der Waals surface area contributed by atoms with Gasteiger partial charge < -0.3 is 50.3 Å². The Bertz CT molecular complexity index is 2770. The van der Waals surface area contributed by atoms with Gasteiger partial charge in [-0.1, -0.05) is 129 Å². The fourth-order valence-corrected chi connectivity index (χ4v) is 11.1. The highest BCUT2D eigenvalue weighted by atomic mass is 16.6. The first kappa shape index (κ1) is 67.6. The molecule has 20 heteroatoms. The summed E-state index contributed by atoms with van der Waals surface area (Å²) < 4.78 is 6.06. The quantitative estimate of drug-likeness (QED) is 0.155. The van der Waals surface area contributed by atoms with Crippen molar-refractivity contribution >= 4 is 53.2 Å². The standard InChI is InChI=1S/C64H93N9O11/c1-16-39(6)51-61(80)71(14)52(40(7)17-2)57(76)67-48(32-38(4)5)59(78)72(15)54(64(10,11)83)63(82)84-53(41(8)18-3)62(81)69(12)42(9)55(74)66-49(34-43-24-20-19-21-25-43)58(77)70(13)50(60(79)73-31-29-47(37-73)56(75)68-51)35-44-26-22-27-45(33-44)46-28-23-30-65-36-46/h19-28,30,33,36,38-42,47-54,83H,16-18,29,31-32,34-35,37H2,1-15H3,(H,66,74)(H,67,76)(H,68,75). The van der Waals surface area contributed by atoms with Crippen LogP contribution in [0.25, 0.3) is 11.1 Å². The molecule has 460 valence electrons. The number of likely N-dealkylation sites (N-methyl/N-ethyl adjacent to an activating group) is 4. The van der Waals surface area contributed by atoms with Gasteiger partial charge in [-0.2, -0.15) is 0 Å². The largest absolute Gasteiger partial charge is 0.450 e. The summed E-state index contributed by atoms with van der Waals surface area (Å²) in [6.07, 6.45) is 3.47. The Morgan fingerprint density at radius 3 is 1.83 bits per heavy atom. The fourth-order valence-electron chi connectivity index (χ4n) is 11.1. The third kappa shape index (κ3) is 16.8. The number of nitrogens with zero attached hydrogens (tertiary/aromatic N) is 6. The summed E-state index contributed by atoms with van der Waals surface area (Å²) in [6.45, 7) is 18.8. The summed E-state index contributed by atoms with van der Waals surface area (Å²) >= 11 is 0. The second-order valence-corrected chi connectivity index (χ2v) is 24.3. The van der Waals surface area contributed by atoms with Crippen molar-refractivity contribution < 1.29 is 53.0 Å². The molecule has 12 atom stereocenters. The lowest BCUT2D eigenvalue weighted by Gasteiger charge is -2.39. The Morgan fingerprint density at radius 1 is 0.631 bits per heavy atom. The smallest absolute Gasteiger partial charge is 0.332 e. The number of benzene rings is 2. The molecule has 2 fully saturated rings. The van der Waals surface area contributed by atoms with Crippen LogP contribution in [0.3, 0.4) is 0 Å². The van der Waals surface area contributed by atoms with Crippen molar-refractivity contribution in [3.63, 3.8) is 0 Å². The van der Waals surface area contributed by atoms with Gasteiger partial charge in [0.1, 0.15) is 36.3 Å². The highest BCUT2D eigenvalue weighted by Gasteiger charge is 2.47. The molecule has 3 heterocycles. The number of pyridine rings is 1.